The lowest BCUT2D eigenvalue weighted by molar-refractivity contribution is 0.0944. The molecule has 7 nitrogen and oxygen atoms in total. The number of aromatic nitrogens is 1. The van der Waals surface area contributed by atoms with E-state index < -0.39 is 5.91 Å². The molecule has 0 saturated carbocycles. The number of likely N-dealkylation sites (tertiary alicyclic amines) is 1. The maximum absolute atomic E-state index is 11.2. The maximum Gasteiger partial charge on any atom is 0.287 e. The number of nitrogens with one attached hydrogen (secondary N) is 1. The number of rotatable bonds is 4. The maximum atomic E-state index is 11.2. The fourth-order valence-electron chi connectivity index (χ4n) is 2.17. The van der Waals surface area contributed by atoms with Crippen molar-refractivity contribution in [1.29, 1.82) is 0 Å². The number of likely N-dealkylation sites (N-methyl/N-ethyl adjacent to an activating group) is 1. The van der Waals surface area contributed by atoms with E-state index in [1.807, 2.05) is 5.43 Å². The van der Waals surface area contributed by atoms with Crippen LogP contribution >= 0.6 is 0 Å². The summed E-state index contributed by atoms with van der Waals surface area (Å²) < 4.78 is 5.12. The average molecular weight is 253 g/mol. The van der Waals surface area contributed by atoms with E-state index in [0.717, 1.165) is 19.5 Å². The minimum absolute atomic E-state index is 0.218. The molecule has 0 spiro atoms. The van der Waals surface area contributed by atoms with Gasteiger partial charge in [0.05, 0.1) is 6.54 Å². The highest BCUT2D eigenvalue weighted by atomic mass is 16.5. The first-order valence-corrected chi connectivity index (χ1v) is 5.95. The zero-order valence-electron chi connectivity index (χ0n) is 10.7. The summed E-state index contributed by atoms with van der Waals surface area (Å²) in [7, 11) is 4.18. The van der Waals surface area contributed by atoms with Crippen molar-refractivity contribution in [3.63, 3.8) is 0 Å². The number of carbonyl (C=O) groups excluding carboxylic acids is 1. The summed E-state index contributed by atoms with van der Waals surface area (Å²) >= 11 is 0. The molecule has 1 amide bonds. The van der Waals surface area contributed by atoms with Crippen molar-refractivity contribution in [1.82, 2.24) is 20.4 Å². The quantitative estimate of drug-likeness (QED) is 0.424. The fourth-order valence-corrected chi connectivity index (χ4v) is 2.17. The summed E-state index contributed by atoms with van der Waals surface area (Å²) in [5.41, 5.74) is 2.25. The van der Waals surface area contributed by atoms with E-state index in [1.165, 1.54) is 0 Å². The topological polar surface area (TPSA) is 87.6 Å². The van der Waals surface area contributed by atoms with Crippen molar-refractivity contribution in [3.8, 4) is 0 Å². The average Bonchev–Trinajstić information content (AvgIpc) is 2.98. The molecule has 2 rings (SSSR count). The minimum Gasteiger partial charge on any atom is -0.359 e. The summed E-state index contributed by atoms with van der Waals surface area (Å²) in [6.07, 6.45) is 1.15. The Labute approximate surface area is 106 Å². The molecule has 0 radical (unpaired) electrons. The van der Waals surface area contributed by atoms with Gasteiger partial charge in [-0.3, -0.25) is 15.1 Å². The summed E-state index contributed by atoms with van der Waals surface area (Å²) in [6.45, 7) is 2.71. The molecule has 1 unspecified atom stereocenters. The zero-order valence-corrected chi connectivity index (χ0v) is 10.7. The Morgan fingerprint density at radius 2 is 2.50 bits per heavy atom. The van der Waals surface area contributed by atoms with Gasteiger partial charge in [-0.1, -0.05) is 5.16 Å². The third-order valence-corrected chi connectivity index (χ3v) is 3.28. The molecule has 2 heterocycles. The third-order valence-electron chi connectivity index (χ3n) is 3.28. The molecule has 1 aliphatic heterocycles. The van der Waals surface area contributed by atoms with Gasteiger partial charge in [0.2, 0.25) is 0 Å². The van der Waals surface area contributed by atoms with E-state index in [4.69, 9.17) is 10.4 Å². The van der Waals surface area contributed by atoms with Crippen molar-refractivity contribution in [3.05, 3.63) is 17.5 Å². The monoisotopic (exact) mass is 253 g/mol. The molecular weight excluding hydrogens is 234 g/mol. The van der Waals surface area contributed by atoms with Gasteiger partial charge in [0.15, 0.2) is 11.5 Å². The molecule has 0 aromatic carbocycles. The molecule has 18 heavy (non-hydrogen) atoms. The second-order valence-corrected chi connectivity index (χ2v) is 4.79. The molecule has 1 aliphatic rings. The van der Waals surface area contributed by atoms with Crippen LogP contribution in [0.2, 0.25) is 0 Å². The van der Waals surface area contributed by atoms with Gasteiger partial charge in [-0.15, -0.1) is 0 Å². The van der Waals surface area contributed by atoms with E-state index in [0.29, 0.717) is 18.3 Å². The summed E-state index contributed by atoms with van der Waals surface area (Å²) in [6, 6.07) is 2.21. The van der Waals surface area contributed by atoms with Gasteiger partial charge in [-0.25, -0.2) is 5.84 Å². The number of hydrogen-bond acceptors (Lipinski definition) is 6. The molecule has 1 aromatic rings. The van der Waals surface area contributed by atoms with Crippen LogP contribution in [0, 0.1) is 0 Å². The number of carbonyl (C=O) groups is 1. The van der Waals surface area contributed by atoms with Crippen LogP contribution in [0.5, 0.6) is 0 Å². The van der Waals surface area contributed by atoms with E-state index in [-0.39, 0.29) is 5.69 Å². The summed E-state index contributed by atoms with van der Waals surface area (Å²) in [5, 5.41) is 3.68. The Bertz CT molecular complexity index is 417. The van der Waals surface area contributed by atoms with E-state index in [2.05, 4.69) is 29.1 Å². The predicted molar refractivity (Wildman–Crippen MR) is 65.5 cm³/mol. The van der Waals surface area contributed by atoms with Crippen LogP contribution in [0.3, 0.4) is 0 Å². The lowest BCUT2D eigenvalue weighted by Crippen LogP contribution is -2.31. The molecule has 1 atom stereocenters. The van der Waals surface area contributed by atoms with Gasteiger partial charge < -0.3 is 9.42 Å². The normalized spacial score (nSPS) is 20.6. The van der Waals surface area contributed by atoms with Crippen LogP contribution < -0.4 is 11.3 Å². The van der Waals surface area contributed by atoms with Gasteiger partial charge in [0.1, 0.15) is 0 Å². The molecule has 1 fully saturated rings. The first-order chi connectivity index (χ1) is 8.60. The van der Waals surface area contributed by atoms with Crippen LogP contribution in [0.25, 0.3) is 0 Å². The Balaban J connectivity index is 1.91. The van der Waals surface area contributed by atoms with Gasteiger partial charge in [0, 0.05) is 25.2 Å². The Morgan fingerprint density at radius 3 is 3.11 bits per heavy atom. The smallest absolute Gasteiger partial charge is 0.287 e. The fraction of sp³-hybridized carbons (Fsp3) is 0.636. The number of nitrogens with zero attached hydrogens (tertiary/aromatic N) is 3. The molecule has 1 aromatic heterocycles. The predicted octanol–water partition coefficient (Wildman–Crippen LogP) is -0.586. The van der Waals surface area contributed by atoms with Crippen molar-refractivity contribution in [2.45, 2.75) is 19.0 Å². The van der Waals surface area contributed by atoms with Crippen molar-refractivity contribution in [2.24, 2.45) is 5.84 Å². The van der Waals surface area contributed by atoms with Crippen molar-refractivity contribution in [2.75, 3.05) is 27.2 Å². The Kier molecular flexibility index (Phi) is 3.95. The Hall–Kier alpha value is -1.44. The molecule has 3 N–H and O–H groups in total. The highest BCUT2D eigenvalue weighted by Crippen LogP contribution is 2.16. The second kappa shape index (κ2) is 5.47. The zero-order chi connectivity index (χ0) is 13.1. The molecule has 0 aliphatic carbocycles. The molecule has 7 heteroatoms. The van der Waals surface area contributed by atoms with Crippen LogP contribution in [0.15, 0.2) is 10.6 Å². The SMILES string of the molecule is CN(C)C1CCN(Cc2cc(C(=O)NN)no2)C1. The highest BCUT2D eigenvalue weighted by molar-refractivity contribution is 5.91. The van der Waals surface area contributed by atoms with Crippen LogP contribution in [-0.2, 0) is 6.54 Å². The number of hydrogen-bond donors (Lipinski definition) is 2. The molecule has 1 saturated heterocycles. The first kappa shape index (κ1) is 13.0. The number of amides is 1. The van der Waals surface area contributed by atoms with Crippen LogP contribution in [-0.4, -0.2) is 54.1 Å². The first-order valence-electron chi connectivity index (χ1n) is 5.95. The van der Waals surface area contributed by atoms with Gasteiger partial charge in [-0.2, -0.15) is 0 Å². The van der Waals surface area contributed by atoms with Crippen LogP contribution in [0.4, 0.5) is 0 Å². The van der Waals surface area contributed by atoms with Gasteiger partial charge >= 0.3 is 0 Å². The highest BCUT2D eigenvalue weighted by Gasteiger charge is 2.25. The van der Waals surface area contributed by atoms with E-state index >= 15 is 0 Å². The van der Waals surface area contributed by atoms with Gasteiger partial charge in [0.25, 0.3) is 5.91 Å². The van der Waals surface area contributed by atoms with Crippen LogP contribution in [0.1, 0.15) is 22.7 Å². The van der Waals surface area contributed by atoms with Crippen molar-refractivity contribution < 1.29 is 9.32 Å². The number of hydrazine groups is 1. The third kappa shape index (κ3) is 2.87. The lowest BCUT2D eigenvalue weighted by atomic mass is 10.2. The second-order valence-electron chi connectivity index (χ2n) is 4.79. The lowest BCUT2D eigenvalue weighted by Gasteiger charge is -2.19. The molecule has 0 bridgehead atoms. The largest absolute Gasteiger partial charge is 0.359 e. The Morgan fingerprint density at radius 1 is 1.72 bits per heavy atom. The summed E-state index contributed by atoms with van der Waals surface area (Å²) in [4.78, 5) is 15.7. The van der Waals surface area contributed by atoms with Gasteiger partial charge in [-0.05, 0) is 20.5 Å². The van der Waals surface area contributed by atoms with Crippen molar-refractivity contribution >= 4 is 5.91 Å². The van der Waals surface area contributed by atoms with E-state index in [9.17, 15) is 4.79 Å². The number of nitrogen functional groups attached to an aromatic ring is 1. The standard InChI is InChI=1S/C11H19N5O2/c1-15(2)8-3-4-16(6-8)7-9-5-10(14-18-9)11(17)13-12/h5,8H,3-4,6-7,12H2,1-2H3,(H,13,17). The molecule has 100 valence electrons. The molecular formula is C11H19N5O2. The minimum atomic E-state index is -0.433. The van der Waals surface area contributed by atoms with E-state index in [1.54, 1.807) is 6.07 Å². The number of nitrogens with two attached hydrogens (primary N) is 1. The summed E-state index contributed by atoms with van der Waals surface area (Å²) in [5.74, 6) is 5.29.